The number of rotatable bonds is 7. The summed E-state index contributed by atoms with van der Waals surface area (Å²) in [7, 11) is 0. The number of likely N-dealkylation sites (tertiary alicyclic amines) is 1. The standard InChI is InChI=1S/C33H40N4O3/c1-22(37-16-5-6-17-37)31(38)36-30-21-29(14-15-34-30)40-28-13-12-23-10-11-24(18-25(23)19-28)32(39)35-27-9-7-8-26(20-27)33(2,3)4/h7-9,12-15,19-22,24H,5-6,10-11,16-18H2,1-4H3,(H,35,39)(H,34,36,38). The van der Waals surface area contributed by atoms with Gasteiger partial charge in [0, 0.05) is 23.9 Å². The first-order valence-electron chi connectivity index (χ1n) is 14.4. The number of hydrogen-bond donors (Lipinski definition) is 2. The van der Waals surface area contributed by atoms with E-state index in [0.29, 0.717) is 23.7 Å². The van der Waals surface area contributed by atoms with Gasteiger partial charge in [0.25, 0.3) is 0 Å². The number of ether oxygens (including phenoxy) is 1. The highest BCUT2D eigenvalue weighted by molar-refractivity contribution is 5.94. The van der Waals surface area contributed by atoms with Gasteiger partial charge < -0.3 is 15.4 Å². The Morgan fingerprint density at radius 1 is 0.975 bits per heavy atom. The van der Waals surface area contributed by atoms with Crippen LogP contribution in [0.4, 0.5) is 11.5 Å². The largest absolute Gasteiger partial charge is 0.457 e. The number of carbonyl (C=O) groups excluding carboxylic acids is 2. The van der Waals surface area contributed by atoms with Crippen LogP contribution in [-0.2, 0) is 27.8 Å². The van der Waals surface area contributed by atoms with Crippen LogP contribution in [0.3, 0.4) is 0 Å². The first-order valence-corrected chi connectivity index (χ1v) is 14.4. The molecule has 1 aliphatic heterocycles. The van der Waals surface area contributed by atoms with Crippen LogP contribution in [0.2, 0.25) is 0 Å². The number of fused-ring (bicyclic) bond motifs is 1. The average molecular weight is 541 g/mol. The van der Waals surface area contributed by atoms with Crippen LogP contribution < -0.4 is 15.4 Å². The molecule has 0 saturated carbocycles. The molecule has 2 heterocycles. The van der Waals surface area contributed by atoms with E-state index in [1.165, 1.54) is 11.1 Å². The maximum atomic E-state index is 13.2. The summed E-state index contributed by atoms with van der Waals surface area (Å²) in [6.45, 7) is 10.4. The quantitative estimate of drug-likeness (QED) is 0.366. The topological polar surface area (TPSA) is 83.6 Å². The molecule has 5 rings (SSSR count). The molecule has 1 fully saturated rings. The number of amides is 2. The molecule has 40 heavy (non-hydrogen) atoms. The van der Waals surface area contributed by atoms with Gasteiger partial charge >= 0.3 is 0 Å². The third-order valence-corrected chi connectivity index (χ3v) is 8.06. The molecule has 2 unspecified atom stereocenters. The summed E-state index contributed by atoms with van der Waals surface area (Å²) < 4.78 is 6.16. The SMILES string of the molecule is CC(C(=O)Nc1cc(Oc2ccc3c(c2)CC(C(=O)Nc2cccc(C(C)(C)C)c2)CC3)ccn1)N1CCCC1. The van der Waals surface area contributed by atoms with E-state index in [9.17, 15) is 9.59 Å². The van der Waals surface area contributed by atoms with Crippen molar-refractivity contribution in [2.24, 2.45) is 5.92 Å². The summed E-state index contributed by atoms with van der Waals surface area (Å²) in [5, 5.41) is 6.07. The minimum Gasteiger partial charge on any atom is -0.457 e. The van der Waals surface area contributed by atoms with Crippen molar-refractivity contribution in [2.45, 2.75) is 71.3 Å². The van der Waals surface area contributed by atoms with Crippen molar-refractivity contribution < 1.29 is 14.3 Å². The molecule has 2 aromatic carbocycles. The third-order valence-electron chi connectivity index (χ3n) is 8.06. The molecule has 0 radical (unpaired) electrons. The zero-order valence-electron chi connectivity index (χ0n) is 24.0. The Hall–Kier alpha value is -3.71. The second kappa shape index (κ2) is 11.8. The molecule has 2 aliphatic rings. The van der Waals surface area contributed by atoms with E-state index in [2.05, 4.69) is 59.5 Å². The van der Waals surface area contributed by atoms with Crippen LogP contribution in [0.5, 0.6) is 11.5 Å². The van der Waals surface area contributed by atoms with Gasteiger partial charge in [-0.1, -0.05) is 39.0 Å². The summed E-state index contributed by atoms with van der Waals surface area (Å²) in [5.41, 5.74) is 4.45. The molecular formula is C33H40N4O3. The molecular weight excluding hydrogens is 500 g/mol. The van der Waals surface area contributed by atoms with Gasteiger partial charge in [-0.2, -0.15) is 0 Å². The second-order valence-electron chi connectivity index (χ2n) is 12.1. The molecule has 7 heteroatoms. The smallest absolute Gasteiger partial charge is 0.242 e. The molecule has 3 aromatic rings. The predicted octanol–water partition coefficient (Wildman–Crippen LogP) is 6.34. The van der Waals surface area contributed by atoms with E-state index >= 15 is 0 Å². The molecule has 0 bridgehead atoms. The van der Waals surface area contributed by atoms with Gasteiger partial charge in [0.05, 0.1) is 6.04 Å². The zero-order valence-corrected chi connectivity index (χ0v) is 24.0. The fourth-order valence-electron chi connectivity index (χ4n) is 5.53. The Morgan fingerprint density at radius 3 is 2.52 bits per heavy atom. The molecule has 210 valence electrons. The average Bonchev–Trinajstić information content (AvgIpc) is 3.47. The van der Waals surface area contributed by atoms with Crippen molar-refractivity contribution in [1.29, 1.82) is 0 Å². The Bertz CT molecular complexity index is 1370. The minimum absolute atomic E-state index is 0.0219. The van der Waals surface area contributed by atoms with Crippen molar-refractivity contribution in [3.05, 3.63) is 77.5 Å². The Morgan fingerprint density at radius 2 is 1.75 bits per heavy atom. The van der Waals surface area contributed by atoms with Crippen LogP contribution >= 0.6 is 0 Å². The molecule has 2 amide bonds. The fraction of sp³-hybridized carbons (Fsp3) is 0.424. The Kier molecular flexibility index (Phi) is 8.22. The van der Waals surface area contributed by atoms with Crippen molar-refractivity contribution in [3.8, 4) is 11.5 Å². The second-order valence-corrected chi connectivity index (χ2v) is 12.1. The Labute approximate surface area is 237 Å². The number of benzene rings is 2. The number of nitrogens with one attached hydrogen (secondary N) is 2. The van der Waals surface area contributed by atoms with E-state index in [1.54, 1.807) is 18.3 Å². The number of carbonyl (C=O) groups is 2. The summed E-state index contributed by atoms with van der Waals surface area (Å²) >= 11 is 0. The van der Waals surface area contributed by atoms with Crippen molar-refractivity contribution in [3.63, 3.8) is 0 Å². The minimum atomic E-state index is -0.193. The number of hydrogen-bond acceptors (Lipinski definition) is 5. The van der Waals surface area contributed by atoms with E-state index in [0.717, 1.165) is 50.0 Å². The van der Waals surface area contributed by atoms with Gasteiger partial charge in [-0.25, -0.2) is 4.98 Å². The van der Waals surface area contributed by atoms with Gasteiger partial charge in [-0.15, -0.1) is 0 Å². The van der Waals surface area contributed by atoms with E-state index < -0.39 is 0 Å². The maximum Gasteiger partial charge on any atom is 0.242 e. The zero-order chi connectivity index (χ0) is 28.3. The monoisotopic (exact) mass is 540 g/mol. The number of aromatic nitrogens is 1. The van der Waals surface area contributed by atoms with Gasteiger partial charge in [-0.05, 0) is 105 Å². The lowest BCUT2D eigenvalue weighted by Gasteiger charge is -2.25. The molecule has 7 nitrogen and oxygen atoms in total. The van der Waals surface area contributed by atoms with Crippen molar-refractivity contribution in [1.82, 2.24) is 9.88 Å². The van der Waals surface area contributed by atoms with E-state index in [4.69, 9.17) is 4.74 Å². The lowest BCUT2D eigenvalue weighted by molar-refractivity contribution is -0.121. The summed E-state index contributed by atoms with van der Waals surface area (Å²) in [6.07, 6.45) is 6.26. The lowest BCUT2D eigenvalue weighted by Crippen LogP contribution is -2.40. The van der Waals surface area contributed by atoms with Crippen LogP contribution in [0.1, 0.15) is 63.6 Å². The van der Waals surface area contributed by atoms with Gasteiger partial charge in [0.2, 0.25) is 11.8 Å². The maximum absolute atomic E-state index is 13.2. The Balaban J connectivity index is 1.22. The van der Waals surface area contributed by atoms with Gasteiger partial charge in [0.15, 0.2) is 0 Å². The van der Waals surface area contributed by atoms with Gasteiger partial charge in [0.1, 0.15) is 17.3 Å². The summed E-state index contributed by atoms with van der Waals surface area (Å²) in [5.74, 6) is 1.67. The third kappa shape index (κ3) is 6.70. The van der Waals surface area contributed by atoms with Crippen molar-refractivity contribution >= 4 is 23.3 Å². The number of aryl methyl sites for hydroxylation is 1. The number of anilines is 2. The lowest BCUT2D eigenvalue weighted by atomic mass is 9.83. The first-order chi connectivity index (χ1) is 19.2. The fourth-order valence-corrected chi connectivity index (χ4v) is 5.53. The molecule has 0 spiro atoms. The number of pyridine rings is 1. The molecule has 1 aliphatic carbocycles. The first kappa shape index (κ1) is 27.8. The highest BCUT2D eigenvalue weighted by atomic mass is 16.5. The predicted molar refractivity (Wildman–Crippen MR) is 159 cm³/mol. The van der Waals surface area contributed by atoms with E-state index in [1.807, 2.05) is 31.2 Å². The van der Waals surface area contributed by atoms with Crippen LogP contribution in [-0.4, -0.2) is 40.8 Å². The highest BCUT2D eigenvalue weighted by Gasteiger charge is 2.26. The molecule has 1 aromatic heterocycles. The van der Waals surface area contributed by atoms with Crippen molar-refractivity contribution in [2.75, 3.05) is 23.7 Å². The summed E-state index contributed by atoms with van der Waals surface area (Å²) in [6, 6.07) is 17.5. The number of nitrogens with zero attached hydrogens (tertiary/aromatic N) is 2. The van der Waals surface area contributed by atoms with Gasteiger partial charge in [-0.3, -0.25) is 14.5 Å². The highest BCUT2D eigenvalue weighted by Crippen LogP contribution is 2.32. The molecule has 2 atom stereocenters. The van der Waals surface area contributed by atoms with E-state index in [-0.39, 0.29) is 29.2 Å². The van der Waals surface area contributed by atoms with Crippen LogP contribution in [0, 0.1) is 5.92 Å². The summed E-state index contributed by atoms with van der Waals surface area (Å²) in [4.78, 5) is 32.4. The molecule has 1 saturated heterocycles. The normalized spacial score (nSPS) is 18.1. The van der Waals surface area contributed by atoms with Crippen LogP contribution in [0.15, 0.2) is 60.8 Å². The van der Waals surface area contributed by atoms with Crippen LogP contribution in [0.25, 0.3) is 0 Å². The molecule has 2 N–H and O–H groups in total.